The van der Waals surface area contributed by atoms with E-state index in [9.17, 15) is 22.4 Å². The topological polar surface area (TPSA) is 108 Å². The van der Waals surface area contributed by atoms with E-state index in [0.29, 0.717) is 18.7 Å². The molecule has 1 heterocycles. The van der Waals surface area contributed by atoms with Crippen LogP contribution in [0.5, 0.6) is 0 Å². The van der Waals surface area contributed by atoms with E-state index in [1.54, 1.807) is 0 Å². The van der Waals surface area contributed by atoms with Crippen LogP contribution in [0.4, 0.5) is 9.18 Å². The summed E-state index contributed by atoms with van der Waals surface area (Å²) in [6.45, 7) is 1.13. The highest BCUT2D eigenvalue weighted by molar-refractivity contribution is 7.89. The molecule has 132 valence electrons. The highest BCUT2D eigenvalue weighted by Gasteiger charge is 2.27. The van der Waals surface area contributed by atoms with Crippen LogP contribution in [0, 0.1) is 5.82 Å². The number of carbonyl (C=O) groups excluding carboxylic acids is 2. The van der Waals surface area contributed by atoms with E-state index in [1.807, 2.05) is 4.72 Å². The lowest BCUT2D eigenvalue weighted by atomic mass is 10.1. The van der Waals surface area contributed by atoms with E-state index in [-0.39, 0.29) is 6.42 Å². The number of nitrogens with one attached hydrogen (secondary N) is 3. The quantitative estimate of drug-likeness (QED) is 0.672. The molecule has 0 aliphatic carbocycles. The molecule has 1 aliphatic rings. The largest absolute Gasteiger partial charge is 0.332 e. The molecular formula is C14H19FN4O4S. The summed E-state index contributed by atoms with van der Waals surface area (Å²) in [5.41, 5.74) is 3.43. The molecule has 1 atom stereocenters. The summed E-state index contributed by atoms with van der Waals surface area (Å²) in [4.78, 5) is 24.3. The Balaban J connectivity index is 2.11. The number of nitrogens with zero attached hydrogens (tertiary/aromatic N) is 1. The summed E-state index contributed by atoms with van der Waals surface area (Å²) in [5.74, 6) is -1.28. The third kappa shape index (κ3) is 5.46. The van der Waals surface area contributed by atoms with E-state index in [0.717, 1.165) is 12.7 Å². The second kappa shape index (κ2) is 7.58. The number of rotatable bonds is 5. The standard InChI is InChI=1S/C14H19FN4O4S/c1-24(22,23)18-13(20)12(9-10-3-5-11(15)6-4-10)17-14(21)19-8-2-7-16-19/h3-6,12,16H,2,7-9H2,1H3,(H,17,21)(H,18,20)/t12-/m0/s1. The predicted molar refractivity (Wildman–Crippen MR) is 84.7 cm³/mol. The van der Waals surface area contributed by atoms with Crippen LogP contribution < -0.4 is 15.5 Å². The first-order valence-corrected chi connectivity index (χ1v) is 9.21. The second-order valence-corrected chi connectivity index (χ2v) is 7.23. The van der Waals surface area contributed by atoms with Crippen molar-refractivity contribution in [3.05, 3.63) is 35.6 Å². The zero-order valence-corrected chi connectivity index (χ0v) is 13.9. The number of benzene rings is 1. The Labute approximate surface area is 139 Å². The fourth-order valence-electron chi connectivity index (χ4n) is 2.25. The van der Waals surface area contributed by atoms with Crippen molar-refractivity contribution in [3.63, 3.8) is 0 Å². The monoisotopic (exact) mass is 358 g/mol. The van der Waals surface area contributed by atoms with Gasteiger partial charge in [0, 0.05) is 19.5 Å². The van der Waals surface area contributed by atoms with Gasteiger partial charge in [0.15, 0.2) is 0 Å². The first-order valence-electron chi connectivity index (χ1n) is 7.32. The van der Waals surface area contributed by atoms with E-state index in [1.165, 1.54) is 29.3 Å². The molecule has 0 saturated carbocycles. The first-order chi connectivity index (χ1) is 11.2. The Kier molecular flexibility index (Phi) is 5.73. The van der Waals surface area contributed by atoms with E-state index < -0.39 is 33.8 Å². The number of sulfonamides is 1. The molecule has 8 nitrogen and oxygen atoms in total. The van der Waals surface area contributed by atoms with Gasteiger partial charge in [-0.1, -0.05) is 12.1 Å². The van der Waals surface area contributed by atoms with Crippen LogP contribution in [0.3, 0.4) is 0 Å². The van der Waals surface area contributed by atoms with Gasteiger partial charge in [-0.25, -0.2) is 23.0 Å². The van der Waals surface area contributed by atoms with Crippen LogP contribution in [-0.4, -0.2) is 50.8 Å². The molecule has 1 fully saturated rings. The zero-order chi connectivity index (χ0) is 17.7. The van der Waals surface area contributed by atoms with Crippen molar-refractivity contribution in [2.75, 3.05) is 19.3 Å². The molecule has 3 amide bonds. The minimum absolute atomic E-state index is 0.0290. The molecule has 0 unspecified atom stereocenters. The number of carbonyl (C=O) groups is 2. The van der Waals surface area contributed by atoms with Crippen molar-refractivity contribution in [1.29, 1.82) is 0 Å². The second-order valence-electron chi connectivity index (χ2n) is 5.48. The van der Waals surface area contributed by atoms with Gasteiger partial charge in [0.05, 0.1) is 6.26 Å². The van der Waals surface area contributed by atoms with E-state index in [2.05, 4.69) is 10.7 Å². The lowest BCUT2D eigenvalue weighted by Crippen LogP contribution is -2.54. The van der Waals surface area contributed by atoms with Crippen molar-refractivity contribution in [1.82, 2.24) is 20.5 Å². The van der Waals surface area contributed by atoms with Crippen molar-refractivity contribution in [3.8, 4) is 0 Å². The molecule has 2 rings (SSSR count). The molecule has 24 heavy (non-hydrogen) atoms. The molecule has 1 aromatic carbocycles. The number of hydrogen-bond acceptors (Lipinski definition) is 5. The van der Waals surface area contributed by atoms with Gasteiger partial charge in [-0.3, -0.25) is 14.5 Å². The third-order valence-electron chi connectivity index (χ3n) is 3.36. The summed E-state index contributed by atoms with van der Waals surface area (Å²) >= 11 is 0. The lowest BCUT2D eigenvalue weighted by Gasteiger charge is -2.22. The highest BCUT2D eigenvalue weighted by atomic mass is 32.2. The minimum atomic E-state index is -3.76. The van der Waals surface area contributed by atoms with Gasteiger partial charge in [-0.2, -0.15) is 0 Å². The van der Waals surface area contributed by atoms with Crippen molar-refractivity contribution in [2.45, 2.75) is 18.9 Å². The fraction of sp³-hybridized carbons (Fsp3) is 0.429. The van der Waals surface area contributed by atoms with Gasteiger partial charge in [0.2, 0.25) is 10.0 Å². The van der Waals surface area contributed by atoms with E-state index >= 15 is 0 Å². The SMILES string of the molecule is CS(=O)(=O)NC(=O)[C@H](Cc1ccc(F)cc1)NC(=O)N1CCCN1. The number of amides is 3. The Morgan fingerprint density at radius 1 is 1.33 bits per heavy atom. The summed E-state index contributed by atoms with van der Waals surface area (Å²) < 4.78 is 37.4. The summed E-state index contributed by atoms with van der Waals surface area (Å²) in [7, 11) is -3.76. The Hall–Kier alpha value is -2.20. The first kappa shape index (κ1) is 18.1. The Morgan fingerprint density at radius 3 is 2.54 bits per heavy atom. The average Bonchev–Trinajstić information content (AvgIpc) is 3.01. The van der Waals surface area contributed by atoms with Crippen LogP contribution in [-0.2, 0) is 21.2 Å². The molecular weight excluding hydrogens is 339 g/mol. The third-order valence-corrected chi connectivity index (χ3v) is 3.93. The number of urea groups is 1. The maximum atomic E-state index is 13.0. The molecule has 3 N–H and O–H groups in total. The highest BCUT2D eigenvalue weighted by Crippen LogP contribution is 2.07. The lowest BCUT2D eigenvalue weighted by molar-refractivity contribution is -0.121. The van der Waals surface area contributed by atoms with Gasteiger partial charge in [0.25, 0.3) is 5.91 Å². The molecule has 1 saturated heterocycles. The maximum Gasteiger partial charge on any atom is 0.332 e. The maximum absolute atomic E-state index is 13.0. The number of hydrazine groups is 1. The fourth-order valence-corrected chi connectivity index (χ4v) is 2.76. The Morgan fingerprint density at radius 2 is 2.00 bits per heavy atom. The van der Waals surface area contributed by atoms with Crippen molar-refractivity contribution < 1.29 is 22.4 Å². The summed E-state index contributed by atoms with van der Waals surface area (Å²) in [6.07, 6.45) is 1.66. The normalized spacial score (nSPS) is 15.8. The van der Waals surface area contributed by atoms with Crippen LogP contribution in [0.25, 0.3) is 0 Å². The zero-order valence-electron chi connectivity index (χ0n) is 13.1. The molecule has 0 aromatic heterocycles. The van der Waals surface area contributed by atoms with Gasteiger partial charge in [0.1, 0.15) is 11.9 Å². The van der Waals surface area contributed by atoms with Crippen LogP contribution in [0.1, 0.15) is 12.0 Å². The van der Waals surface area contributed by atoms with Gasteiger partial charge in [-0.15, -0.1) is 0 Å². The molecule has 1 aliphatic heterocycles. The van der Waals surface area contributed by atoms with Crippen LogP contribution in [0.2, 0.25) is 0 Å². The number of halogens is 1. The summed E-state index contributed by atoms with van der Waals surface area (Å²) in [5, 5.41) is 3.82. The Bertz CT molecular complexity index is 702. The minimum Gasteiger partial charge on any atom is -0.325 e. The van der Waals surface area contributed by atoms with Gasteiger partial charge in [-0.05, 0) is 24.1 Å². The smallest absolute Gasteiger partial charge is 0.325 e. The van der Waals surface area contributed by atoms with Crippen LogP contribution >= 0.6 is 0 Å². The molecule has 0 radical (unpaired) electrons. The number of hydrogen-bond donors (Lipinski definition) is 3. The van der Waals surface area contributed by atoms with Crippen molar-refractivity contribution >= 4 is 22.0 Å². The average molecular weight is 358 g/mol. The van der Waals surface area contributed by atoms with E-state index in [4.69, 9.17) is 0 Å². The predicted octanol–water partition coefficient (Wildman–Crippen LogP) is -0.267. The van der Waals surface area contributed by atoms with Crippen LogP contribution in [0.15, 0.2) is 24.3 Å². The summed E-state index contributed by atoms with van der Waals surface area (Å²) in [6, 6.07) is 3.76. The molecule has 0 bridgehead atoms. The molecule has 1 aromatic rings. The molecule has 0 spiro atoms. The van der Waals surface area contributed by atoms with Gasteiger partial charge >= 0.3 is 6.03 Å². The molecule has 10 heteroatoms. The van der Waals surface area contributed by atoms with Crippen molar-refractivity contribution in [2.24, 2.45) is 0 Å². The van der Waals surface area contributed by atoms with Gasteiger partial charge < -0.3 is 5.32 Å².